The molecule has 2 aliphatic heterocycles. The van der Waals surface area contributed by atoms with Gasteiger partial charge in [-0.2, -0.15) is 4.31 Å². The Morgan fingerprint density at radius 3 is 2.49 bits per heavy atom. The van der Waals surface area contributed by atoms with Crippen LogP contribution in [0.1, 0.15) is 41.6 Å². The summed E-state index contributed by atoms with van der Waals surface area (Å²) in [7, 11) is -4.55. The number of rotatable bonds is 7. The molecule has 200 valence electrons. The van der Waals surface area contributed by atoms with Crippen LogP contribution in [0.4, 0.5) is 13.2 Å². The molecule has 2 aliphatic rings. The van der Waals surface area contributed by atoms with Gasteiger partial charge < -0.3 is 5.32 Å². The van der Waals surface area contributed by atoms with Crippen LogP contribution in [0.15, 0.2) is 47.4 Å². The van der Waals surface area contributed by atoms with E-state index >= 15 is 4.39 Å². The highest BCUT2D eigenvalue weighted by molar-refractivity contribution is 7.89. The standard InChI is InChI=1S/C24H26ClF3N4O4S/c25-18-5-7-19(8-6-18)37(35,36)32(21-14-24(27,28)9-10-29-23(21)34)15-17-4-3-16(13-20(17)26)22(33)30-31-11-1-2-12-31/h3-8,13,21H,1-2,9-12,14-15H2,(H,29,34)(H,30,33)/t21-/m1/s1. The van der Waals surface area contributed by atoms with Gasteiger partial charge in [0.05, 0.1) is 4.90 Å². The predicted octanol–water partition coefficient (Wildman–Crippen LogP) is 3.32. The van der Waals surface area contributed by atoms with Crippen molar-refractivity contribution in [2.45, 2.75) is 49.1 Å². The van der Waals surface area contributed by atoms with Gasteiger partial charge in [-0.25, -0.2) is 26.6 Å². The Morgan fingerprint density at radius 2 is 1.84 bits per heavy atom. The molecule has 0 aliphatic carbocycles. The maximum atomic E-state index is 15.1. The number of carbonyl (C=O) groups excluding carboxylic acids is 2. The van der Waals surface area contributed by atoms with Crippen LogP contribution >= 0.6 is 11.6 Å². The molecule has 0 unspecified atom stereocenters. The molecule has 13 heteroatoms. The van der Waals surface area contributed by atoms with E-state index in [4.69, 9.17) is 11.6 Å². The zero-order valence-electron chi connectivity index (χ0n) is 19.7. The van der Waals surface area contributed by atoms with Crippen molar-refractivity contribution in [3.8, 4) is 0 Å². The Bertz CT molecular complexity index is 1270. The molecule has 2 amide bonds. The minimum atomic E-state index is -4.55. The number of sulfonamides is 1. The van der Waals surface area contributed by atoms with Crippen molar-refractivity contribution in [1.82, 2.24) is 20.1 Å². The third-order valence-electron chi connectivity index (χ3n) is 6.36. The lowest BCUT2D eigenvalue weighted by Gasteiger charge is -2.30. The maximum Gasteiger partial charge on any atom is 0.265 e. The fraction of sp³-hybridized carbons (Fsp3) is 0.417. The molecule has 2 saturated heterocycles. The topological polar surface area (TPSA) is 98.8 Å². The highest BCUT2D eigenvalue weighted by atomic mass is 35.5. The molecule has 0 radical (unpaired) electrons. The smallest absolute Gasteiger partial charge is 0.265 e. The van der Waals surface area contributed by atoms with Crippen LogP contribution in [0.2, 0.25) is 5.02 Å². The molecule has 0 spiro atoms. The number of nitrogens with one attached hydrogen (secondary N) is 2. The van der Waals surface area contributed by atoms with Gasteiger partial charge in [-0.15, -0.1) is 0 Å². The lowest BCUT2D eigenvalue weighted by atomic mass is 10.1. The molecule has 0 aromatic heterocycles. The number of alkyl halides is 2. The average Bonchev–Trinajstić information content (AvgIpc) is 3.30. The Hall–Kier alpha value is -2.67. The van der Waals surface area contributed by atoms with Gasteiger partial charge in [0.1, 0.15) is 11.9 Å². The second-order valence-electron chi connectivity index (χ2n) is 9.06. The quantitative estimate of drug-likeness (QED) is 0.543. The van der Waals surface area contributed by atoms with Crippen LogP contribution in [0.3, 0.4) is 0 Å². The lowest BCUT2D eigenvalue weighted by Crippen LogP contribution is -2.49. The molecule has 37 heavy (non-hydrogen) atoms. The molecule has 2 fully saturated rings. The number of benzene rings is 2. The fourth-order valence-electron chi connectivity index (χ4n) is 4.32. The van der Waals surface area contributed by atoms with Gasteiger partial charge in [0.15, 0.2) is 0 Å². The first kappa shape index (κ1) is 27.4. The number of nitrogens with zero attached hydrogens (tertiary/aromatic N) is 2. The van der Waals surface area contributed by atoms with Crippen LogP contribution < -0.4 is 10.7 Å². The Morgan fingerprint density at radius 1 is 1.16 bits per heavy atom. The monoisotopic (exact) mass is 558 g/mol. The largest absolute Gasteiger partial charge is 0.354 e. The van der Waals surface area contributed by atoms with Crippen molar-refractivity contribution in [2.24, 2.45) is 0 Å². The van der Waals surface area contributed by atoms with E-state index in [1.807, 2.05) is 0 Å². The molecule has 0 saturated carbocycles. The number of carbonyl (C=O) groups is 2. The van der Waals surface area contributed by atoms with Crippen LogP contribution in [0.25, 0.3) is 0 Å². The highest BCUT2D eigenvalue weighted by Crippen LogP contribution is 2.32. The summed E-state index contributed by atoms with van der Waals surface area (Å²) in [5, 5.41) is 4.29. The summed E-state index contributed by atoms with van der Waals surface area (Å²) < 4.78 is 71.8. The van der Waals surface area contributed by atoms with E-state index in [9.17, 15) is 26.8 Å². The van der Waals surface area contributed by atoms with Crippen molar-refractivity contribution in [3.63, 3.8) is 0 Å². The number of hydrazine groups is 1. The molecular weight excluding hydrogens is 533 g/mol. The van der Waals surface area contributed by atoms with Crippen molar-refractivity contribution >= 4 is 33.4 Å². The molecule has 4 rings (SSSR count). The van der Waals surface area contributed by atoms with Gasteiger partial charge in [0.2, 0.25) is 15.9 Å². The molecule has 2 aromatic rings. The minimum absolute atomic E-state index is 0.0130. The van der Waals surface area contributed by atoms with Crippen molar-refractivity contribution < 1.29 is 31.2 Å². The van der Waals surface area contributed by atoms with E-state index in [1.54, 1.807) is 5.01 Å². The van der Waals surface area contributed by atoms with E-state index < -0.39 is 59.0 Å². The zero-order chi connectivity index (χ0) is 26.8. The van der Waals surface area contributed by atoms with Gasteiger partial charge in [0, 0.05) is 55.2 Å². The van der Waals surface area contributed by atoms with Gasteiger partial charge >= 0.3 is 0 Å². The van der Waals surface area contributed by atoms with E-state index in [0.717, 1.165) is 18.9 Å². The van der Waals surface area contributed by atoms with Crippen LogP contribution in [-0.2, 0) is 21.4 Å². The van der Waals surface area contributed by atoms with Crippen molar-refractivity contribution in [3.05, 3.63) is 64.4 Å². The summed E-state index contributed by atoms with van der Waals surface area (Å²) in [5.74, 6) is -5.67. The predicted molar refractivity (Wildman–Crippen MR) is 130 cm³/mol. The third-order valence-corrected chi connectivity index (χ3v) is 8.48. The summed E-state index contributed by atoms with van der Waals surface area (Å²) in [6.07, 6.45) is 0.140. The van der Waals surface area contributed by atoms with E-state index in [0.29, 0.717) is 17.4 Å². The van der Waals surface area contributed by atoms with Crippen molar-refractivity contribution in [1.29, 1.82) is 0 Å². The molecule has 2 N–H and O–H groups in total. The summed E-state index contributed by atoms with van der Waals surface area (Å²) in [6.45, 7) is 0.321. The Kier molecular flexibility index (Phi) is 8.12. The molecule has 0 bridgehead atoms. The number of hydrogen-bond donors (Lipinski definition) is 2. The number of amides is 2. The number of hydrogen-bond acceptors (Lipinski definition) is 5. The molecule has 2 aromatic carbocycles. The van der Waals surface area contributed by atoms with Gasteiger partial charge in [0.25, 0.3) is 11.8 Å². The lowest BCUT2D eigenvalue weighted by molar-refractivity contribution is -0.126. The summed E-state index contributed by atoms with van der Waals surface area (Å²) >= 11 is 5.86. The first-order chi connectivity index (χ1) is 17.5. The number of halogens is 4. The molecule has 2 heterocycles. The third kappa shape index (κ3) is 6.43. The highest BCUT2D eigenvalue weighted by Gasteiger charge is 2.45. The first-order valence-corrected chi connectivity index (χ1v) is 13.6. The van der Waals surface area contributed by atoms with Crippen LogP contribution in [-0.4, -0.2) is 61.1 Å². The SMILES string of the molecule is O=C(NN1CCCC1)c1ccc(CN([C@@H]2CC(F)(F)CCNC2=O)S(=O)(=O)c2ccc(Cl)cc2)c(F)c1. The molecular formula is C24H26ClF3N4O4S. The average molecular weight is 559 g/mol. The fourth-order valence-corrected chi connectivity index (χ4v) is 6.01. The van der Waals surface area contributed by atoms with E-state index in [2.05, 4.69) is 10.7 Å². The Labute approximate surface area is 217 Å². The second-order valence-corrected chi connectivity index (χ2v) is 11.4. The Balaban J connectivity index is 1.67. The van der Waals surface area contributed by atoms with Gasteiger partial charge in [-0.1, -0.05) is 17.7 Å². The van der Waals surface area contributed by atoms with Gasteiger partial charge in [-0.3, -0.25) is 15.0 Å². The van der Waals surface area contributed by atoms with Crippen LogP contribution in [0, 0.1) is 5.82 Å². The maximum absolute atomic E-state index is 15.1. The first-order valence-electron chi connectivity index (χ1n) is 11.7. The van der Waals surface area contributed by atoms with Crippen LogP contribution in [0.5, 0.6) is 0 Å². The second kappa shape index (κ2) is 11.0. The van der Waals surface area contributed by atoms with Gasteiger partial charge in [-0.05, 0) is 49.2 Å². The summed E-state index contributed by atoms with van der Waals surface area (Å²) in [5.41, 5.74) is 2.51. The summed E-state index contributed by atoms with van der Waals surface area (Å²) in [6, 6.07) is 6.67. The normalized spacial score (nSPS) is 20.5. The summed E-state index contributed by atoms with van der Waals surface area (Å²) in [4.78, 5) is 24.9. The van der Waals surface area contributed by atoms with Crippen molar-refractivity contribution in [2.75, 3.05) is 19.6 Å². The zero-order valence-corrected chi connectivity index (χ0v) is 21.3. The molecule has 1 atom stereocenters. The molecule has 8 nitrogen and oxygen atoms in total. The minimum Gasteiger partial charge on any atom is -0.354 e. The van der Waals surface area contributed by atoms with E-state index in [1.165, 1.54) is 36.4 Å². The van der Waals surface area contributed by atoms with E-state index in [-0.39, 0.29) is 27.6 Å².